The van der Waals surface area contributed by atoms with Crippen molar-refractivity contribution in [1.82, 2.24) is 4.98 Å². The zero-order valence-corrected chi connectivity index (χ0v) is 14.7. The minimum atomic E-state index is -1.09. The molecule has 4 rings (SSSR count). The monoisotopic (exact) mass is 397 g/mol. The van der Waals surface area contributed by atoms with Crippen LogP contribution >= 0.6 is 0 Å². The summed E-state index contributed by atoms with van der Waals surface area (Å²) in [5.41, 5.74) is 0.772. The first-order chi connectivity index (χ1) is 14.0. The molecular weight excluding hydrogens is 384 g/mol. The van der Waals surface area contributed by atoms with E-state index in [0.717, 1.165) is 12.1 Å². The molecule has 0 saturated carbocycles. The molecule has 0 saturated heterocycles. The van der Waals surface area contributed by atoms with Crippen molar-refractivity contribution in [2.75, 3.05) is 17.4 Å². The van der Waals surface area contributed by atoms with Crippen molar-refractivity contribution < 1.29 is 27.8 Å². The fraction of sp³-hybridized carbons (Fsp3) is 0.0500. The van der Waals surface area contributed by atoms with Crippen LogP contribution in [-0.2, 0) is 0 Å². The molecule has 0 bridgehead atoms. The fourth-order valence-corrected chi connectivity index (χ4v) is 2.64. The van der Waals surface area contributed by atoms with Crippen LogP contribution in [-0.4, -0.2) is 23.6 Å². The van der Waals surface area contributed by atoms with Gasteiger partial charge in [0.2, 0.25) is 6.79 Å². The molecule has 0 unspecified atom stereocenters. The molecule has 1 aromatic heterocycles. The van der Waals surface area contributed by atoms with Crippen molar-refractivity contribution in [2.45, 2.75) is 0 Å². The number of hydrogen-bond acceptors (Lipinski definition) is 5. The molecule has 0 spiro atoms. The Kier molecular flexibility index (Phi) is 4.78. The number of anilines is 2. The average molecular weight is 397 g/mol. The number of fused-ring (bicyclic) bond motifs is 1. The van der Waals surface area contributed by atoms with Crippen molar-refractivity contribution in [3.63, 3.8) is 0 Å². The zero-order chi connectivity index (χ0) is 20.4. The van der Waals surface area contributed by atoms with E-state index in [-0.39, 0.29) is 23.6 Å². The third-order valence-electron chi connectivity index (χ3n) is 4.07. The van der Waals surface area contributed by atoms with Gasteiger partial charge in [0.1, 0.15) is 0 Å². The zero-order valence-electron chi connectivity index (χ0n) is 14.7. The van der Waals surface area contributed by atoms with Gasteiger partial charge < -0.3 is 20.1 Å². The van der Waals surface area contributed by atoms with Crippen molar-refractivity contribution >= 4 is 23.2 Å². The molecule has 29 heavy (non-hydrogen) atoms. The molecular formula is C20H13F2N3O4. The molecule has 0 radical (unpaired) electrons. The normalized spacial score (nSPS) is 11.8. The molecule has 1 aliphatic heterocycles. The number of hydrogen-bond donors (Lipinski definition) is 2. The standard InChI is InChI=1S/C20H13F2N3O4/c21-15-3-1-13(6-16(15)22)24-19(26)11-5-12(9-23-8-11)20(27)25-14-2-4-17-18(7-14)29-10-28-17/h1-9H,10H2,(H,24,26)(H,25,27). The van der Waals surface area contributed by atoms with Crippen LogP contribution in [0.4, 0.5) is 20.2 Å². The average Bonchev–Trinajstić information content (AvgIpc) is 3.18. The number of amides is 2. The molecule has 0 atom stereocenters. The Morgan fingerprint density at radius 1 is 0.793 bits per heavy atom. The van der Waals surface area contributed by atoms with Crippen LogP contribution in [0, 0.1) is 11.6 Å². The van der Waals surface area contributed by atoms with E-state index in [9.17, 15) is 18.4 Å². The highest BCUT2D eigenvalue weighted by Gasteiger charge is 2.16. The number of carbonyl (C=O) groups is 2. The van der Waals surface area contributed by atoms with E-state index in [1.807, 2.05) is 0 Å². The van der Waals surface area contributed by atoms with Gasteiger partial charge in [-0.25, -0.2) is 8.78 Å². The highest BCUT2D eigenvalue weighted by atomic mass is 19.2. The van der Waals surface area contributed by atoms with Crippen LogP contribution in [0.2, 0.25) is 0 Å². The van der Waals surface area contributed by atoms with E-state index in [4.69, 9.17) is 9.47 Å². The van der Waals surface area contributed by atoms with Gasteiger partial charge in [0.05, 0.1) is 11.1 Å². The minimum absolute atomic E-state index is 0.0733. The summed E-state index contributed by atoms with van der Waals surface area (Å²) < 4.78 is 36.8. The largest absolute Gasteiger partial charge is 0.454 e. The molecule has 146 valence electrons. The first-order valence-corrected chi connectivity index (χ1v) is 8.42. The molecule has 2 N–H and O–H groups in total. The first kappa shape index (κ1) is 18.4. The first-order valence-electron chi connectivity index (χ1n) is 8.42. The number of carbonyl (C=O) groups excluding carboxylic acids is 2. The number of benzene rings is 2. The Morgan fingerprint density at radius 3 is 2.10 bits per heavy atom. The van der Waals surface area contributed by atoms with Gasteiger partial charge in [-0.15, -0.1) is 0 Å². The molecule has 2 aromatic carbocycles. The van der Waals surface area contributed by atoms with Crippen LogP contribution in [0.25, 0.3) is 0 Å². The number of ether oxygens (including phenoxy) is 2. The molecule has 2 amide bonds. The summed E-state index contributed by atoms with van der Waals surface area (Å²) in [6.45, 7) is 0.117. The van der Waals surface area contributed by atoms with Crippen molar-refractivity contribution in [1.29, 1.82) is 0 Å². The van der Waals surface area contributed by atoms with Gasteiger partial charge in [-0.1, -0.05) is 0 Å². The fourth-order valence-electron chi connectivity index (χ4n) is 2.64. The lowest BCUT2D eigenvalue weighted by Crippen LogP contribution is -2.16. The van der Waals surface area contributed by atoms with Gasteiger partial charge in [-0.3, -0.25) is 14.6 Å². The van der Waals surface area contributed by atoms with E-state index >= 15 is 0 Å². The molecule has 2 heterocycles. The third kappa shape index (κ3) is 3.98. The van der Waals surface area contributed by atoms with Crippen molar-refractivity contribution in [3.05, 3.63) is 77.6 Å². The maximum absolute atomic E-state index is 13.3. The summed E-state index contributed by atoms with van der Waals surface area (Å²) >= 11 is 0. The Bertz CT molecular complexity index is 1120. The third-order valence-corrected chi connectivity index (χ3v) is 4.07. The predicted molar refractivity (Wildman–Crippen MR) is 99.1 cm³/mol. The second kappa shape index (κ2) is 7.55. The number of nitrogens with one attached hydrogen (secondary N) is 2. The number of halogens is 2. The van der Waals surface area contributed by atoms with Crippen LogP contribution in [0.5, 0.6) is 11.5 Å². The highest BCUT2D eigenvalue weighted by molar-refractivity contribution is 6.08. The second-order valence-corrected chi connectivity index (χ2v) is 6.07. The quantitative estimate of drug-likeness (QED) is 0.702. The summed E-state index contributed by atoms with van der Waals surface area (Å²) in [5, 5.41) is 5.10. The summed E-state index contributed by atoms with van der Waals surface area (Å²) in [6, 6.07) is 9.26. The van der Waals surface area contributed by atoms with Gasteiger partial charge in [0, 0.05) is 35.9 Å². The number of pyridine rings is 1. The summed E-state index contributed by atoms with van der Waals surface area (Å²) in [5.74, 6) is -2.12. The lowest BCUT2D eigenvalue weighted by molar-refractivity contribution is 0.102. The lowest BCUT2D eigenvalue weighted by Gasteiger charge is -2.08. The molecule has 7 nitrogen and oxygen atoms in total. The molecule has 0 aliphatic carbocycles. The van der Waals surface area contributed by atoms with Gasteiger partial charge in [-0.05, 0) is 30.3 Å². The molecule has 1 aliphatic rings. The maximum Gasteiger partial charge on any atom is 0.257 e. The van der Waals surface area contributed by atoms with Crippen LogP contribution in [0.1, 0.15) is 20.7 Å². The number of aromatic nitrogens is 1. The molecule has 9 heteroatoms. The second-order valence-electron chi connectivity index (χ2n) is 6.07. The van der Waals surface area contributed by atoms with Gasteiger partial charge >= 0.3 is 0 Å². The number of rotatable bonds is 4. The van der Waals surface area contributed by atoms with E-state index in [2.05, 4.69) is 15.6 Å². The summed E-state index contributed by atoms with van der Waals surface area (Å²) in [7, 11) is 0. The topological polar surface area (TPSA) is 89.6 Å². The SMILES string of the molecule is O=C(Nc1ccc(F)c(F)c1)c1cncc(C(=O)Nc2ccc3c(c2)OCO3)c1. The highest BCUT2D eigenvalue weighted by Crippen LogP contribution is 2.34. The Labute approximate surface area is 163 Å². The van der Waals surface area contributed by atoms with Crippen molar-refractivity contribution in [2.24, 2.45) is 0 Å². The lowest BCUT2D eigenvalue weighted by atomic mass is 10.1. The Balaban J connectivity index is 1.48. The van der Waals surface area contributed by atoms with Crippen LogP contribution in [0.15, 0.2) is 54.9 Å². The van der Waals surface area contributed by atoms with E-state index in [1.165, 1.54) is 24.5 Å². The predicted octanol–water partition coefficient (Wildman–Crippen LogP) is 3.59. The van der Waals surface area contributed by atoms with Gasteiger partial charge in [0.25, 0.3) is 11.8 Å². The van der Waals surface area contributed by atoms with E-state index in [0.29, 0.717) is 17.2 Å². The maximum atomic E-state index is 13.3. The summed E-state index contributed by atoms with van der Waals surface area (Å²) in [4.78, 5) is 28.7. The Hall–Kier alpha value is -4.01. The minimum Gasteiger partial charge on any atom is -0.454 e. The van der Waals surface area contributed by atoms with E-state index in [1.54, 1.807) is 18.2 Å². The molecule has 3 aromatic rings. The molecule has 0 fully saturated rings. The van der Waals surface area contributed by atoms with Crippen molar-refractivity contribution in [3.8, 4) is 11.5 Å². The Morgan fingerprint density at radius 2 is 1.41 bits per heavy atom. The summed E-state index contributed by atoms with van der Waals surface area (Å²) in [6.07, 6.45) is 2.56. The van der Waals surface area contributed by atoms with Gasteiger partial charge in [0.15, 0.2) is 23.1 Å². The van der Waals surface area contributed by atoms with Gasteiger partial charge in [-0.2, -0.15) is 0 Å². The van der Waals surface area contributed by atoms with Crippen LogP contribution in [0.3, 0.4) is 0 Å². The smallest absolute Gasteiger partial charge is 0.257 e. The number of nitrogens with zero attached hydrogens (tertiary/aromatic N) is 1. The van der Waals surface area contributed by atoms with E-state index < -0.39 is 23.4 Å². The van der Waals surface area contributed by atoms with Crippen LogP contribution < -0.4 is 20.1 Å².